The molecule has 5 rings (SSSR count). The molecular weight excluding hydrogens is 430 g/mol. The molecule has 178 valence electrons. The second-order valence-corrected chi connectivity index (χ2v) is 9.70. The molecule has 0 aromatic carbocycles. The molecule has 2 aliphatic heterocycles. The maximum absolute atomic E-state index is 12.5. The molecular formula is C24H31N9O. The van der Waals surface area contributed by atoms with Gasteiger partial charge in [-0.25, -0.2) is 15.0 Å². The highest BCUT2D eigenvalue weighted by Crippen LogP contribution is 2.27. The summed E-state index contributed by atoms with van der Waals surface area (Å²) in [6.45, 7) is 8.48. The van der Waals surface area contributed by atoms with Crippen molar-refractivity contribution in [2.45, 2.75) is 58.2 Å². The SMILES string of the molecule is CC(C)n1cnc2c1CN(c1ccnc(Nc3ccc(N4CCC(C)(N)CC4=O)cn3)n1)CC2. The molecule has 1 saturated heterocycles. The van der Waals surface area contributed by atoms with Crippen LogP contribution in [0.25, 0.3) is 0 Å². The standard InChI is InChI=1S/C24H31N9O/c1-16(2)33-15-28-18-7-10-31(14-19(18)33)21-6-9-26-23(30-21)29-20-5-4-17(13-27-20)32-11-8-24(3,25)12-22(32)34/h4-6,9,13,15-16H,7-8,10-12,14,25H2,1-3H3,(H,26,27,29,30). The van der Waals surface area contributed by atoms with Crippen LogP contribution in [-0.2, 0) is 17.8 Å². The highest BCUT2D eigenvalue weighted by Gasteiger charge is 2.32. The van der Waals surface area contributed by atoms with Crippen molar-refractivity contribution < 1.29 is 4.79 Å². The van der Waals surface area contributed by atoms with Crippen LogP contribution >= 0.6 is 0 Å². The quantitative estimate of drug-likeness (QED) is 0.596. The second kappa shape index (κ2) is 8.68. The average molecular weight is 462 g/mol. The van der Waals surface area contributed by atoms with Gasteiger partial charge in [0.05, 0.1) is 36.1 Å². The number of hydrogen-bond donors (Lipinski definition) is 2. The number of carbonyl (C=O) groups is 1. The van der Waals surface area contributed by atoms with Crippen LogP contribution in [0.2, 0.25) is 0 Å². The summed E-state index contributed by atoms with van der Waals surface area (Å²) in [5, 5.41) is 3.18. The fourth-order valence-corrected chi connectivity index (χ4v) is 4.56. The van der Waals surface area contributed by atoms with Crippen molar-refractivity contribution in [2.24, 2.45) is 5.73 Å². The Balaban J connectivity index is 1.27. The summed E-state index contributed by atoms with van der Waals surface area (Å²) in [4.78, 5) is 34.6. The largest absolute Gasteiger partial charge is 0.350 e. The summed E-state index contributed by atoms with van der Waals surface area (Å²) in [5.41, 5.74) is 8.88. The van der Waals surface area contributed by atoms with Crippen molar-refractivity contribution in [1.29, 1.82) is 0 Å². The molecule has 34 heavy (non-hydrogen) atoms. The van der Waals surface area contributed by atoms with E-state index in [0.717, 1.165) is 37.4 Å². The van der Waals surface area contributed by atoms with Gasteiger partial charge in [0.2, 0.25) is 11.9 Å². The first-order chi connectivity index (χ1) is 16.3. The van der Waals surface area contributed by atoms with Crippen molar-refractivity contribution in [1.82, 2.24) is 24.5 Å². The predicted molar refractivity (Wildman–Crippen MR) is 131 cm³/mol. The lowest BCUT2D eigenvalue weighted by Crippen LogP contribution is -2.51. The zero-order chi connectivity index (χ0) is 23.9. The van der Waals surface area contributed by atoms with E-state index in [1.165, 1.54) is 11.4 Å². The number of rotatable bonds is 5. The fourth-order valence-electron chi connectivity index (χ4n) is 4.56. The molecule has 5 heterocycles. The number of aromatic nitrogens is 5. The van der Waals surface area contributed by atoms with Crippen molar-refractivity contribution in [3.63, 3.8) is 0 Å². The van der Waals surface area contributed by atoms with Gasteiger partial charge >= 0.3 is 0 Å². The van der Waals surface area contributed by atoms with Gasteiger partial charge < -0.3 is 25.4 Å². The monoisotopic (exact) mass is 461 g/mol. The van der Waals surface area contributed by atoms with Crippen LogP contribution in [0.1, 0.15) is 51.0 Å². The molecule has 0 bridgehead atoms. The lowest BCUT2D eigenvalue weighted by atomic mass is 9.90. The van der Waals surface area contributed by atoms with E-state index in [1.54, 1.807) is 17.3 Å². The molecule has 10 nitrogen and oxygen atoms in total. The highest BCUT2D eigenvalue weighted by molar-refractivity contribution is 5.94. The molecule has 3 aromatic rings. The van der Waals surface area contributed by atoms with Gasteiger partial charge in [-0.15, -0.1) is 0 Å². The molecule has 0 radical (unpaired) electrons. The number of nitrogens with one attached hydrogen (secondary N) is 1. The van der Waals surface area contributed by atoms with Crippen molar-refractivity contribution >= 4 is 29.2 Å². The van der Waals surface area contributed by atoms with Gasteiger partial charge in [-0.1, -0.05) is 0 Å². The van der Waals surface area contributed by atoms with E-state index in [0.29, 0.717) is 30.8 Å². The molecule has 0 saturated carbocycles. The van der Waals surface area contributed by atoms with Gasteiger partial charge in [0, 0.05) is 43.7 Å². The number of imidazole rings is 1. The number of hydrogen-bond acceptors (Lipinski definition) is 8. The maximum Gasteiger partial charge on any atom is 0.230 e. The molecule has 1 atom stereocenters. The maximum atomic E-state index is 12.5. The van der Waals surface area contributed by atoms with E-state index in [9.17, 15) is 4.79 Å². The number of fused-ring (bicyclic) bond motifs is 1. The minimum atomic E-state index is -0.435. The van der Waals surface area contributed by atoms with Crippen LogP contribution in [-0.4, -0.2) is 49.0 Å². The zero-order valence-electron chi connectivity index (χ0n) is 19.9. The Kier molecular flexibility index (Phi) is 5.68. The van der Waals surface area contributed by atoms with E-state index >= 15 is 0 Å². The average Bonchev–Trinajstić information content (AvgIpc) is 3.23. The number of pyridine rings is 1. The predicted octanol–water partition coefficient (Wildman–Crippen LogP) is 2.80. The number of piperidine rings is 1. The van der Waals surface area contributed by atoms with Crippen molar-refractivity contribution in [3.8, 4) is 0 Å². The fraction of sp³-hybridized carbons (Fsp3) is 0.458. The van der Waals surface area contributed by atoms with E-state index in [4.69, 9.17) is 10.7 Å². The first-order valence-electron chi connectivity index (χ1n) is 11.7. The second-order valence-electron chi connectivity index (χ2n) is 9.70. The highest BCUT2D eigenvalue weighted by atomic mass is 16.2. The van der Waals surface area contributed by atoms with Crippen LogP contribution < -0.4 is 20.9 Å². The number of carbonyl (C=O) groups excluding carboxylic acids is 1. The Hall–Kier alpha value is -3.53. The van der Waals surface area contributed by atoms with E-state index in [1.807, 2.05) is 31.5 Å². The third-order valence-electron chi connectivity index (χ3n) is 6.53. The summed E-state index contributed by atoms with van der Waals surface area (Å²) in [6, 6.07) is 6.02. The molecule has 0 aliphatic carbocycles. The van der Waals surface area contributed by atoms with E-state index in [-0.39, 0.29) is 5.91 Å². The van der Waals surface area contributed by atoms with E-state index in [2.05, 4.69) is 43.6 Å². The Labute approximate surface area is 199 Å². The number of anilines is 4. The lowest BCUT2D eigenvalue weighted by molar-refractivity contribution is -0.120. The normalized spacial score (nSPS) is 20.6. The molecule has 10 heteroatoms. The summed E-state index contributed by atoms with van der Waals surface area (Å²) in [6.07, 6.45) is 7.38. The summed E-state index contributed by atoms with van der Waals surface area (Å²) < 4.78 is 2.23. The summed E-state index contributed by atoms with van der Waals surface area (Å²) >= 11 is 0. The summed E-state index contributed by atoms with van der Waals surface area (Å²) in [7, 11) is 0. The van der Waals surface area contributed by atoms with Gasteiger partial charge in [0.15, 0.2) is 0 Å². The van der Waals surface area contributed by atoms with Crippen LogP contribution in [0.15, 0.2) is 36.9 Å². The van der Waals surface area contributed by atoms with Gasteiger partial charge in [-0.05, 0) is 45.4 Å². The first-order valence-corrected chi connectivity index (χ1v) is 11.7. The third kappa shape index (κ3) is 4.45. The molecule has 1 unspecified atom stereocenters. The summed E-state index contributed by atoms with van der Waals surface area (Å²) in [5.74, 6) is 1.99. The van der Waals surface area contributed by atoms with Crippen molar-refractivity contribution in [2.75, 3.05) is 28.2 Å². The number of nitrogens with zero attached hydrogens (tertiary/aromatic N) is 7. The molecule has 2 aliphatic rings. The Morgan fingerprint density at radius 3 is 2.74 bits per heavy atom. The lowest BCUT2D eigenvalue weighted by Gasteiger charge is -2.36. The molecule has 3 aromatic heterocycles. The van der Waals surface area contributed by atoms with Crippen LogP contribution in [0.4, 0.5) is 23.3 Å². The van der Waals surface area contributed by atoms with E-state index < -0.39 is 5.54 Å². The topological polar surface area (TPSA) is 118 Å². The third-order valence-corrected chi connectivity index (χ3v) is 6.53. The first kappa shape index (κ1) is 22.3. The molecule has 1 amide bonds. The Morgan fingerprint density at radius 1 is 1.15 bits per heavy atom. The van der Waals surface area contributed by atoms with Crippen LogP contribution in [0.3, 0.4) is 0 Å². The Morgan fingerprint density at radius 2 is 2.00 bits per heavy atom. The number of amides is 1. The minimum absolute atomic E-state index is 0.0262. The van der Waals surface area contributed by atoms with Gasteiger partial charge in [-0.3, -0.25) is 4.79 Å². The number of nitrogens with two attached hydrogens (primary N) is 1. The van der Waals surface area contributed by atoms with Gasteiger partial charge in [-0.2, -0.15) is 4.98 Å². The minimum Gasteiger partial charge on any atom is -0.350 e. The molecule has 1 fully saturated rings. The van der Waals surface area contributed by atoms with Crippen LogP contribution in [0.5, 0.6) is 0 Å². The van der Waals surface area contributed by atoms with Crippen molar-refractivity contribution in [3.05, 3.63) is 48.3 Å². The smallest absolute Gasteiger partial charge is 0.230 e. The molecule has 0 spiro atoms. The Bertz CT molecular complexity index is 1190. The van der Waals surface area contributed by atoms with Gasteiger partial charge in [0.25, 0.3) is 0 Å². The van der Waals surface area contributed by atoms with Gasteiger partial charge in [0.1, 0.15) is 11.6 Å². The van der Waals surface area contributed by atoms with Crippen LogP contribution in [0, 0.1) is 0 Å². The molecule has 3 N–H and O–H groups in total. The zero-order valence-corrected chi connectivity index (χ0v) is 19.9.